The van der Waals surface area contributed by atoms with Crippen LogP contribution in [0.5, 0.6) is 0 Å². The molecule has 136 valence electrons. The van der Waals surface area contributed by atoms with Gasteiger partial charge >= 0.3 is 0 Å². The Bertz CT molecular complexity index is 672. The maximum atomic E-state index is 12.6. The van der Waals surface area contributed by atoms with Gasteiger partial charge in [-0.2, -0.15) is 0 Å². The minimum Gasteiger partial charge on any atom is -0.384 e. The molecule has 3 N–H and O–H groups in total. The zero-order valence-corrected chi connectivity index (χ0v) is 15.2. The van der Waals surface area contributed by atoms with Gasteiger partial charge in [-0.3, -0.25) is 4.79 Å². The van der Waals surface area contributed by atoms with Crippen molar-refractivity contribution in [3.05, 3.63) is 18.0 Å². The van der Waals surface area contributed by atoms with E-state index in [4.69, 9.17) is 4.74 Å². The highest BCUT2D eigenvalue weighted by molar-refractivity contribution is 7.89. The molecular weight excluding hydrogens is 332 g/mol. The van der Waals surface area contributed by atoms with E-state index < -0.39 is 10.0 Å². The number of amides is 1. The van der Waals surface area contributed by atoms with E-state index in [-0.39, 0.29) is 16.2 Å². The molecule has 0 radical (unpaired) electrons. The summed E-state index contributed by atoms with van der Waals surface area (Å²) >= 11 is 0. The smallest absolute Gasteiger partial charge is 0.267 e. The average Bonchev–Trinajstić information content (AvgIpc) is 2.96. The standard InChI is InChI=1S/C15H26N4O4S/c1-16-14(20)13-8-12(9-19(13)2)24(21,22)18-10-15(11-23-3)4-6-17-7-5-15/h8-9,17-18H,4-7,10-11H2,1-3H3,(H,16,20). The van der Waals surface area contributed by atoms with Crippen LogP contribution in [0, 0.1) is 5.41 Å². The van der Waals surface area contributed by atoms with Crippen LogP contribution in [0.25, 0.3) is 0 Å². The molecule has 0 bridgehead atoms. The van der Waals surface area contributed by atoms with E-state index >= 15 is 0 Å². The Hall–Kier alpha value is -1.42. The second kappa shape index (κ2) is 7.64. The van der Waals surface area contributed by atoms with Crippen LogP contribution in [-0.2, 0) is 21.8 Å². The van der Waals surface area contributed by atoms with E-state index in [0.717, 1.165) is 25.9 Å². The number of carbonyl (C=O) groups excluding carboxylic acids is 1. The van der Waals surface area contributed by atoms with Crippen LogP contribution < -0.4 is 15.4 Å². The third-order valence-electron chi connectivity index (χ3n) is 4.50. The summed E-state index contributed by atoms with van der Waals surface area (Å²) < 4.78 is 34.7. The van der Waals surface area contributed by atoms with Crippen LogP contribution in [0.4, 0.5) is 0 Å². The van der Waals surface area contributed by atoms with E-state index in [1.54, 1.807) is 14.2 Å². The van der Waals surface area contributed by atoms with Crippen molar-refractivity contribution in [1.82, 2.24) is 19.9 Å². The molecular formula is C15H26N4O4S. The number of hydrogen-bond acceptors (Lipinski definition) is 5. The summed E-state index contributed by atoms with van der Waals surface area (Å²) in [6, 6.07) is 1.38. The lowest BCUT2D eigenvalue weighted by molar-refractivity contribution is 0.0577. The number of sulfonamides is 1. The molecule has 9 heteroatoms. The third kappa shape index (κ3) is 4.15. The fourth-order valence-corrected chi connectivity index (χ4v) is 4.23. The van der Waals surface area contributed by atoms with Gasteiger partial charge in [-0.15, -0.1) is 0 Å². The minimum absolute atomic E-state index is 0.0881. The average molecular weight is 358 g/mol. The van der Waals surface area contributed by atoms with Crippen molar-refractivity contribution in [3.8, 4) is 0 Å². The molecule has 0 spiro atoms. The van der Waals surface area contributed by atoms with Crippen molar-refractivity contribution in [2.75, 3.05) is 40.4 Å². The number of methoxy groups -OCH3 is 1. The van der Waals surface area contributed by atoms with Gasteiger partial charge in [0.05, 0.1) is 6.61 Å². The Kier molecular flexibility index (Phi) is 6.02. The number of nitrogens with zero attached hydrogens (tertiary/aromatic N) is 1. The molecule has 0 atom stereocenters. The molecule has 0 aromatic carbocycles. The number of ether oxygens (including phenoxy) is 1. The van der Waals surface area contributed by atoms with Gasteiger partial charge in [-0.05, 0) is 32.0 Å². The first kappa shape index (κ1) is 18.9. The molecule has 1 aliphatic heterocycles. The van der Waals surface area contributed by atoms with Crippen LogP contribution in [-0.4, -0.2) is 59.3 Å². The highest BCUT2D eigenvalue weighted by Crippen LogP contribution is 2.29. The van der Waals surface area contributed by atoms with E-state index in [1.165, 1.54) is 23.9 Å². The second-order valence-electron chi connectivity index (χ2n) is 6.26. The Labute approximate surface area is 143 Å². The Balaban J connectivity index is 2.14. The number of hydrogen-bond donors (Lipinski definition) is 3. The fraction of sp³-hybridized carbons (Fsp3) is 0.667. The van der Waals surface area contributed by atoms with Gasteiger partial charge in [-0.25, -0.2) is 13.1 Å². The van der Waals surface area contributed by atoms with Crippen molar-refractivity contribution in [1.29, 1.82) is 0 Å². The van der Waals surface area contributed by atoms with Crippen molar-refractivity contribution in [2.24, 2.45) is 12.5 Å². The Morgan fingerprint density at radius 2 is 2.08 bits per heavy atom. The topological polar surface area (TPSA) is 101 Å². The second-order valence-corrected chi connectivity index (χ2v) is 8.03. The number of aromatic nitrogens is 1. The van der Waals surface area contributed by atoms with Crippen LogP contribution in [0.3, 0.4) is 0 Å². The molecule has 1 aromatic heterocycles. The maximum absolute atomic E-state index is 12.6. The molecule has 1 aliphatic rings. The molecule has 24 heavy (non-hydrogen) atoms. The highest BCUT2D eigenvalue weighted by atomic mass is 32.2. The molecule has 2 rings (SSSR count). The first-order valence-electron chi connectivity index (χ1n) is 7.91. The van der Waals surface area contributed by atoms with E-state index in [1.807, 2.05) is 0 Å². The van der Waals surface area contributed by atoms with Gasteiger partial charge in [0.15, 0.2) is 0 Å². The van der Waals surface area contributed by atoms with Gasteiger partial charge in [0.1, 0.15) is 10.6 Å². The first-order chi connectivity index (χ1) is 11.3. The molecule has 0 unspecified atom stereocenters. The highest BCUT2D eigenvalue weighted by Gasteiger charge is 2.34. The summed E-state index contributed by atoms with van der Waals surface area (Å²) in [6.45, 7) is 2.51. The summed E-state index contributed by atoms with van der Waals surface area (Å²) in [5.41, 5.74) is 0.0946. The lowest BCUT2D eigenvalue weighted by atomic mass is 9.80. The lowest BCUT2D eigenvalue weighted by Gasteiger charge is -2.37. The summed E-state index contributed by atoms with van der Waals surface area (Å²) in [4.78, 5) is 11.8. The quantitative estimate of drug-likeness (QED) is 0.620. The van der Waals surface area contributed by atoms with Crippen molar-refractivity contribution in [3.63, 3.8) is 0 Å². The van der Waals surface area contributed by atoms with Crippen molar-refractivity contribution >= 4 is 15.9 Å². The van der Waals surface area contributed by atoms with Crippen LogP contribution in [0.15, 0.2) is 17.2 Å². The Morgan fingerprint density at radius 1 is 1.42 bits per heavy atom. The number of rotatable bonds is 7. The van der Waals surface area contributed by atoms with Crippen LogP contribution >= 0.6 is 0 Å². The predicted molar refractivity (Wildman–Crippen MR) is 90.4 cm³/mol. The van der Waals surface area contributed by atoms with Gasteiger partial charge < -0.3 is 19.9 Å². The van der Waals surface area contributed by atoms with Gasteiger partial charge in [-0.1, -0.05) is 0 Å². The number of piperidine rings is 1. The molecule has 0 saturated carbocycles. The van der Waals surface area contributed by atoms with E-state index in [9.17, 15) is 13.2 Å². The normalized spacial score (nSPS) is 17.6. The molecule has 1 aromatic rings. The fourth-order valence-electron chi connectivity index (χ4n) is 3.00. The zero-order chi connectivity index (χ0) is 17.8. The summed E-state index contributed by atoms with van der Waals surface area (Å²) in [7, 11) is 1.09. The van der Waals surface area contributed by atoms with E-state index in [2.05, 4.69) is 15.4 Å². The summed E-state index contributed by atoms with van der Waals surface area (Å²) in [6.07, 6.45) is 3.14. The molecule has 1 saturated heterocycles. The van der Waals surface area contributed by atoms with E-state index in [0.29, 0.717) is 18.8 Å². The SMILES string of the molecule is CNC(=O)c1cc(S(=O)(=O)NCC2(COC)CCNCC2)cn1C. The van der Waals surface area contributed by atoms with Crippen molar-refractivity contribution < 1.29 is 17.9 Å². The number of aryl methyl sites for hydroxylation is 1. The molecule has 2 heterocycles. The maximum Gasteiger partial charge on any atom is 0.267 e. The summed E-state index contributed by atoms with van der Waals surface area (Å²) in [5, 5.41) is 5.77. The first-order valence-corrected chi connectivity index (χ1v) is 9.40. The Morgan fingerprint density at radius 3 is 2.67 bits per heavy atom. The molecule has 1 fully saturated rings. The van der Waals surface area contributed by atoms with Gasteiger partial charge in [0, 0.05) is 39.4 Å². The molecule has 0 aliphatic carbocycles. The monoisotopic (exact) mass is 358 g/mol. The van der Waals surface area contributed by atoms with Gasteiger partial charge in [0.2, 0.25) is 10.0 Å². The largest absolute Gasteiger partial charge is 0.384 e. The molecule has 1 amide bonds. The minimum atomic E-state index is -3.69. The lowest BCUT2D eigenvalue weighted by Crippen LogP contribution is -2.47. The predicted octanol–water partition coefficient (Wildman–Crippen LogP) is -0.321. The third-order valence-corrected chi connectivity index (χ3v) is 5.87. The summed E-state index contributed by atoms with van der Waals surface area (Å²) in [5.74, 6) is -0.326. The number of carbonyl (C=O) groups is 1. The molecule has 8 nitrogen and oxygen atoms in total. The van der Waals surface area contributed by atoms with Crippen LogP contribution in [0.1, 0.15) is 23.3 Å². The van der Waals surface area contributed by atoms with Crippen molar-refractivity contribution in [2.45, 2.75) is 17.7 Å². The van der Waals surface area contributed by atoms with Crippen LogP contribution in [0.2, 0.25) is 0 Å². The van der Waals surface area contributed by atoms with Gasteiger partial charge in [0.25, 0.3) is 5.91 Å². The zero-order valence-electron chi connectivity index (χ0n) is 14.4. The number of nitrogens with one attached hydrogen (secondary N) is 3.